The van der Waals surface area contributed by atoms with Crippen molar-refractivity contribution < 1.29 is 4.74 Å². The summed E-state index contributed by atoms with van der Waals surface area (Å²) in [4.78, 5) is 2.60. The predicted octanol–water partition coefficient (Wildman–Crippen LogP) is 2.96. The molecule has 1 atom stereocenters. The van der Waals surface area contributed by atoms with Crippen LogP contribution in [0, 0.1) is 0 Å². The highest BCUT2D eigenvalue weighted by Gasteiger charge is 2.25. The van der Waals surface area contributed by atoms with E-state index in [1.165, 1.54) is 24.0 Å². The van der Waals surface area contributed by atoms with Gasteiger partial charge in [0.2, 0.25) is 0 Å². The zero-order valence-electron chi connectivity index (χ0n) is 12.4. The lowest BCUT2D eigenvalue weighted by molar-refractivity contribution is 0.185. The van der Waals surface area contributed by atoms with Gasteiger partial charge in [0.15, 0.2) is 0 Å². The summed E-state index contributed by atoms with van der Waals surface area (Å²) in [5.41, 5.74) is 2.86. The van der Waals surface area contributed by atoms with Gasteiger partial charge in [-0.05, 0) is 49.2 Å². The molecule has 0 unspecified atom stereocenters. The van der Waals surface area contributed by atoms with E-state index in [0.29, 0.717) is 6.04 Å². The van der Waals surface area contributed by atoms with E-state index in [1.54, 1.807) is 7.11 Å². The Morgan fingerprint density at radius 3 is 2.63 bits per heavy atom. The van der Waals surface area contributed by atoms with Gasteiger partial charge in [0.05, 0.1) is 7.11 Å². The number of benzene rings is 1. The number of hydrogen-bond acceptors (Lipinski definition) is 3. The smallest absolute Gasteiger partial charge is 0.119 e. The highest BCUT2D eigenvalue weighted by Crippen LogP contribution is 2.30. The minimum atomic E-state index is 0.485. The lowest BCUT2D eigenvalue weighted by Crippen LogP contribution is -2.40. The van der Waals surface area contributed by atoms with E-state index in [1.807, 2.05) is 0 Å². The summed E-state index contributed by atoms with van der Waals surface area (Å²) in [7, 11) is 1.74. The summed E-state index contributed by atoms with van der Waals surface area (Å²) in [6.07, 6.45) is 2.41. The summed E-state index contributed by atoms with van der Waals surface area (Å²) in [6, 6.07) is 6.97. The van der Waals surface area contributed by atoms with Crippen LogP contribution in [-0.2, 0) is 6.54 Å². The second kappa shape index (κ2) is 6.92. The summed E-state index contributed by atoms with van der Waals surface area (Å²) in [5.74, 6) is 0.971. The zero-order chi connectivity index (χ0) is 13.7. The Labute approximate surface area is 116 Å². The molecule has 0 aromatic heterocycles. The van der Waals surface area contributed by atoms with Crippen LogP contribution in [0.4, 0.5) is 0 Å². The number of nitrogens with one attached hydrogen (secondary N) is 1. The Bertz CT molecular complexity index is 400. The minimum Gasteiger partial charge on any atom is -0.497 e. The summed E-state index contributed by atoms with van der Waals surface area (Å²) in [6.45, 7) is 8.85. The van der Waals surface area contributed by atoms with Crippen molar-refractivity contribution in [2.75, 3.05) is 26.7 Å². The second-order valence-electron chi connectivity index (χ2n) is 5.25. The number of fused-ring (bicyclic) bond motifs is 1. The Hall–Kier alpha value is -1.06. The van der Waals surface area contributed by atoms with E-state index in [0.717, 1.165) is 31.9 Å². The standard InChI is InChI=1S/C16H26N2O/c1-4-8-18(9-5-2)16-12-17-11-13-6-7-14(19-3)10-15(13)16/h6-7,10,16-17H,4-5,8-9,11-12H2,1-3H3/t16-/m1/s1. The monoisotopic (exact) mass is 262 g/mol. The van der Waals surface area contributed by atoms with Gasteiger partial charge in [-0.25, -0.2) is 0 Å². The molecule has 3 nitrogen and oxygen atoms in total. The highest BCUT2D eigenvalue weighted by atomic mass is 16.5. The molecule has 3 heteroatoms. The molecule has 0 fully saturated rings. The van der Waals surface area contributed by atoms with Gasteiger partial charge in [-0.1, -0.05) is 19.9 Å². The topological polar surface area (TPSA) is 24.5 Å². The highest BCUT2D eigenvalue weighted by molar-refractivity contribution is 5.39. The van der Waals surface area contributed by atoms with Crippen molar-refractivity contribution in [3.63, 3.8) is 0 Å². The van der Waals surface area contributed by atoms with E-state index in [4.69, 9.17) is 4.74 Å². The molecule has 0 saturated carbocycles. The van der Waals surface area contributed by atoms with E-state index in [2.05, 4.69) is 42.3 Å². The first-order valence-electron chi connectivity index (χ1n) is 7.41. The molecule has 1 aromatic rings. The van der Waals surface area contributed by atoms with Gasteiger partial charge in [-0.2, -0.15) is 0 Å². The van der Waals surface area contributed by atoms with Crippen molar-refractivity contribution in [3.8, 4) is 5.75 Å². The molecule has 1 aliphatic rings. The molecular formula is C16H26N2O. The van der Waals surface area contributed by atoms with E-state index >= 15 is 0 Å². The Morgan fingerprint density at radius 2 is 2.00 bits per heavy atom. The van der Waals surface area contributed by atoms with Crippen molar-refractivity contribution in [3.05, 3.63) is 29.3 Å². The molecule has 0 saturated heterocycles. The molecule has 1 aromatic carbocycles. The van der Waals surface area contributed by atoms with Gasteiger partial charge in [0, 0.05) is 19.1 Å². The first-order valence-corrected chi connectivity index (χ1v) is 7.41. The molecule has 1 heterocycles. The molecule has 19 heavy (non-hydrogen) atoms. The Balaban J connectivity index is 2.27. The summed E-state index contributed by atoms with van der Waals surface area (Å²) >= 11 is 0. The van der Waals surface area contributed by atoms with Crippen LogP contribution in [0.1, 0.15) is 43.9 Å². The van der Waals surface area contributed by atoms with E-state index < -0.39 is 0 Å². The average Bonchev–Trinajstić information content (AvgIpc) is 2.46. The van der Waals surface area contributed by atoms with Crippen LogP contribution in [0.5, 0.6) is 5.75 Å². The first-order chi connectivity index (χ1) is 9.30. The largest absolute Gasteiger partial charge is 0.497 e. The molecule has 1 N–H and O–H groups in total. The number of ether oxygens (including phenoxy) is 1. The van der Waals surface area contributed by atoms with Gasteiger partial charge in [-0.15, -0.1) is 0 Å². The van der Waals surface area contributed by atoms with Crippen molar-refractivity contribution in [2.24, 2.45) is 0 Å². The number of methoxy groups -OCH3 is 1. The molecule has 2 rings (SSSR count). The SMILES string of the molecule is CCCN(CCC)[C@@H]1CNCc2ccc(OC)cc21. The van der Waals surface area contributed by atoms with E-state index in [9.17, 15) is 0 Å². The van der Waals surface area contributed by atoms with E-state index in [-0.39, 0.29) is 0 Å². The van der Waals surface area contributed by atoms with Crippen molar-refractivity contribution in [1.82, 2.24) is 10.2 Å². The molecule has 0 bridgehead atoms. The molecule has 0 amide bonds. The fourth-order valence-corrected chi connectivity index (χ4v) is 2.95. The molecule has 0 radical (unpaired) electrons. The lowest BCUT2D eigenvalue weighted by atomic mass is 9.94. The molecule has 0 aliphatic carbocycles. The fraction of sp³-hybridized carbons (Fsp3) is 0.625. The van der Waals surface area contributed by atoms with Crippen LogP contribution >= 0.6 is 0 Å². The average molecular weight is 262 g/mol. The second-order valence-corrected chi connectivity index (χ2v) is 5.25. The third-order valence-corrected chi connectivity index (χ3v) is 3.83. The summed E-state index contributed by atoms with van der Waals surface area (Å²) in [5, 5.41) is 3.54. The van der Waals surface area contributed by atoms with Gasteiger partial charge in [0.25, 0.3) is 0 Å². The van der Waals surface area contributed by atoms with Crippen LogP contribution < -0.4 is 10.1 Å². The molecule has 0 spiro atoms. The van der Waals surface area contributed by atoms with Crippen molar-refractivity contribution in [1.29, 1.82) is 0 Å². The third kappa shape index (κ3) is 3.28. The normalized spacial score (nSPS) is 18.4. The number of hydrogen-bond donors (Lipinski definition) is 1. The van der Waals surface area contributed by atoms with Crippen LogP contribution in [-0.4, -0.2) is 31.6 Å². The molecular weight excluding hydrogens is 236 g/mol. The third-order valence-electron chi connectivity index (χ3n) is 3.83. The zero-order valence-corrected chi connectivity index (χ0v) is 12.4. The summed E-state index contributed by atoms with van der Waals surface area (Å²) < 4.78 is 5.39. The quantitative estimate of drug-likeness (QED) is 0.853. The van der Waals surface area contributed by atoms with Gasteiger partial charge < -0.3 is 10.1 Å². The van der Waals surface area contributed by atoms with Crippen LogP contribution in [0.25, 0.3) is 0 Å². The Morgan fingerprint density at radius 1 is 1.26 bits per heavy atom. The van der Waals surface area contributed by atoms with Gasteiger partial charge in [-0.3, -0.25) is 4.90 Å². The van der Waals surface area contributed by atoms with Crippen LogP contribution in [0.3, 0.4) is 0 Å². The number of rotatable bonds is 6. The van der Waals surface area contributed by atoms with Crippen molar-refractivity contribution in [2.45, 2.75) is 39.3 Å². The van der Waals surface area contributed by atoms with Crippen molar-refractivity contribution >= 4 is 0 Å². The van der Waals surface area contributed by atoms with Gasteiger partial charge >= 0.3 is 0 Å². The van der Waals surface area contributed by atoms with Crippen LogP contribution in [0.15, 0.2) is 18.2 Å². The predicted molar refractivity (Wildman–Crippen MR) is 79.6 cm³/mol. The number of nitrogens with zero attached hydrogens (tertiary/aromatic N) is 1. The van der Waals surface area contributed by atoms with Gasteiger partial charge in [0.1, 0.15) is 5.75 Å². The van der Waals surface area contributed by atoms with Crippen LogP contribution in [0.2, 0.25) is 0 Å². The Kier molecular flexibility index (Phi) is 5.23. The minimum absolute atomic E-state index is 0.485. The maximum atomic E-state index is 5.39. The molecule has 1 aliphatic heterocycles. The maximum absolute atomic E-state index is 5.39. The molecule has 106 valence electrons. The lowest BCUT2D eigenvalue weighted by Gasteiger charge is -2.36. The fourth-order valence-electron chi connectivity index (χ4n) is 2.95. The first kappa shape index (κ1) is 14.4. The maximum Gasteiger partial charge on any atom is 0.119 e.